The second kappa shape index (κ2) is 9.87. The molecule has 0 unspecified atom stereocenters. The predicted octanol–water partition coefficient (Wildman–Crippen LogP) is 2.98. The molecule has 0 saturated carbocycles. The number of aliphatic imine (C=N–C) groups is 1. The van der Waals surface area contributed by atoms with Crippen molar-refractivity contribution in [2.75, 3.05) is 27.4 Å². The van der Waals surface area contributed by atoms with Crippen molar-refractivity contribution in [3.8, 4) is 0 Å². The highest BCUT2D eigenvalue weighted by molar-refractivity contribution is 7.98. The molecule has 1 amide bonds. The molecule has 0 aliphatic carbocycles. The minimum atomic E-state index is -0.0763. The molecule has 138 valence electrons. The van der Waals surface area contributed by atoms with Gasteiger partial charge in [0.2, 0.25) is 0 Å². The summed E-state index contributed by atoms with van der Waals surface area (Å²) in [4.78, 5) is 19.3. The molecule has 2 aromatic carbocycles. The van der Waals surface area contributed by atoms with Gasteiger partial charge in [-0.05, 0) is 41.6 Å². The first-order valence-corrected chi connectivity index (χ1v) is 9.65. The summed E-state index contributed by atoms with van der Waals surface area (Å²) in [6.07, 6.45) is 2.08. The molecule has 0 radical (unpaired) electrons. The first kappa shape index (κ1) is 19.8. The molecule has 0 aromatic heterocycles. The van der Waals surface area contributed by atoms with E-state index in [1.807, 2.05) is 31.3 Å². The second-order valence-corrected chi connectivity index (χ2v) is 6.76. The SMILES string of the molecule is CN=C(NCc1ccc(C(=O)NC)cc1)N(C)Cc1ccc(SC)cc1. The lowest BCUT2D eigenvalue weighted by molar-refractivity contribution is 0.0963. The predicted molar refractivity (Wildman–Crippen MR) is 110 cm³/mol. The van der Waals surface area contributed by atoms with Crippen LogP contribution in [0.1, 0.15) is 21.5 Å². The summed E-state index contributed by atoms with van der Waals surface area (Å²) in [5.74, 6) is 0.752. The maximum absolute atomic E-state index is 11.6. The Morgan fingerprint density at radius 3 is 2.23 bits per heavy atom. The number of carbonyl (C=O) groups is 1. The van der Waals surface area contributed by atoms with Crippen LogP contribution < -0.4 is 10.6 Å². The Morgan fingerprint density at radius 2 is 1.69 bits per heavy atom. The van der Waals surface area contributed by atoms with Gasteiger partial charge in [-0.2, -0.15) is 0 Å². The summed E-state index contributed by atoms with van der Waals surface area (Å²) in [5.41, 5.74) is 2.99. The molecule has 2 aromatic rings. The Morgan fingerprint density at radius 1 is 1.08 bits per heavy atom. The van der Waals surface area contributed by atoms with Crippen molar-refractivity contribution in [2.45, 2.75) is 18.0 Å². The maximum Gasteiger partial charge on any atom is 0.251 e. The molecular formula is C20H26N4OS. The molecule has 0 aliphatic heterocycles. The summed E-state index contributed by atoms with van der Waals surface area (Å²) >= 11 is 1.74. The quantitative estimate of drug-likeness (QED) is 0.466. The summed E-state index contributed by atoms with van der Waals surface area (Å²) in [5, 5.41) is 5.99. The van der Waals surface area contributed by atoms with Crippen LogP contribution in [0.25, 0.3) is 0 Å². The fourth-order valence-electron chi connectivity index (χ4n) is 2.56. The summed E-state index contributed by atoms with van der Waals surface area (Å²) < 4.78 is 0. The van der Waals surface area contributed by atoms with E-state index in [1.54, 1.807) is 25.9 Å². The molecule has 0 fully saturated rings. The average Bonchev–Trinajstić information content (AvgIpc) is 2.69. The number of carbonyl (C=O) groups excluding carboxylic acids is 1. The van der Waals surface area contributed by atoms with Crippen LogP contribution in [-0.4, -0.2) is 44.2 Å². The zero-order chi connectivity index (χ0) is 18.9. The summed E-state index contributed by atoms with van der Waals surface area (Å²) in [6.45, 7) is 1.43. The van der Waals surface area contributed by atoms with Gasteiger partial charge in [0, 0.05) is 44.7 Å². The molecule has 0 saturated heterocycles. The largest absolute Gasteiger partial charge is 0.355 e. The molecule has 0 bridgehead atoms. The van der Waals surface area contributed by atoms with Gasteiger partial charge in [-0.15, -0.1) is 11.8 Å². The Bertz CT molecular complexity index is 741. The molecule has 2 rings (SSSR count). The number of amides is 1. The zero-order valence-electron chi connectivity index (χ0n) is 15.7. The maximum atomic E-state index is 11.6. The normalized spacial score (nSPS) is 11.2. The van der Waals surface area contributed by atoms with Crippen molar-refractivity contribution in [1.29, 1.82) is 0 Å². The van der Waals surface area contributed by atoms with Gasteiger partial charge in [0.05, 0.1) is 0 Å². The minimum Gasteiger partial charge on any atom is -0.355 e. The lowest BCUT2D eigenvalue weighted by atomic mass is 10.1. The van der Waals surface area contributed by atoms with Crippen LogP contribution >= 0.6 is 11.8 Å². The van der Waals surface area contributed by atoms with E-state index in [2.05, 4.69) is 51.0 Å². The fraction of sp³-hybridized carbons (Fsp3) is 0.300. The van der Waals surface area contributed by atoms with Crippen LogP contribution in [0.3, 0.4) is 0 Å². The van der Waals surface area contributed by atoms with Gasteiger partial charge in [-0.25, -0.2) is 0 Å². The van der Waals surface area contributed by atoms with Crippen molar-refractivity contribution >= 4 is 23.6 Å². The van der Waals surface area contributed by atoms with Gasteiger partial charge < -0.3 is 15.5 Å². The van der Waals surface area contributed by atoms with Gasteiger partial charge >= 0.3 is 0 Å². The smallest absolute Gasteiger partial charge is 0.251 e. The van der Waals surface area contributed by atoms with E-state index in [0.717, 1.165) is 18.1 Å². The van der Waals surface area contributed by atoms with E-state index >= 15 is 0 Å². The third-order valence-corrected chi connectivity index (χ3v) is 4.79. The number of rotatable bonds is 6. The second-order valence-electron chi connectivity index (χ2n) is 5.88. The first-order chi connectivity index (χ1) is 12.6. The molecule has 0 heterocycles. The van der Waals surface area contributed by atoms with Crippen molar-refractivity contribution in [1.82, 2.24) is 15.5 Å². The molecule has 0 aliphatic rings. The number of hydrogen-bond donors (Lipinski definition) is 2. The van der Waals surface area contributed by atoms with E-state index < -0.39 is 0 Å². The Hall–Kier alpha value is -2.47. The standard InChI is InChI=1S/C20H26N4OS/c1-21-19(25)17-9-5-15(6-10-17)13-23-20(22-2)24(3)14-16-7-11-18(26-4)12-8-16/h5-12H,13-14H2,1-4H3,(H,21,25)(H,22,23). The molecule has 0 atom stereocenters. The molecule has 2 N–H and O–H groups in total. The van der Waals surface area contributed by atoms with E-state index in [0.29, 0.717) is 12.1 Å². The van der Waals surface area contributed by atoms with E-state index in [1.165, 1.54) is 10.5 Å². The Balaban J connectivity index is 1.92. The Labute approximate surface area is 159 Å². The topological polar surface area (TPSA) is 56.7 Å². The number of hydrogen-bond acceptors (Lipinski definition) is 3. The van der Waals surface area contributed by atoms with Crippen molar-refractivity contribution in [3.05, 3.63) is 65.2 Å². The van der Waals surface area contributed by atoms with Crippen LogP contribution in [-0.2, 0) is 13.1 Å². The van der Waals surface area contributed by atoms with Crippen LogP contribution in [0, 0.1) is 0 Å². The fourth-order valence-corrected chi connectivity index (χ4v) is 2.97. The van der Waals surface area contributed by atoms with Crippen LogP contribution in [0.4, 0.5) is 0 Å². The molecule has 26 heavy (non-hydrogen) atoms. The van der Waals surface area contributed by atoms with Crippen molar-refractivity contribution in [3.63, 3.8) is 0 Å². The lowest BCUT2D eigenvalue weighted by Crippen LogP contribution is -2.38. The summed E-state index contributed by atoms with van der Waals surface area (Å²) in [7, 11) is 5.43. The monoisotopic (exact) mass is 370 g/mol. The van der Waals surface area contributed by atoms with Gasteiger partial charge in [0.15, 0.2) is 5.96 Å². The van der Waals surface area contributed by atoms with Gasteiger partial charge in [0.25, 0.3) is 5.91 Å². The molecule has 0 spiro atoms. The number of nitrogens with zero attached hydrogens (tertiary/aromatic N) is 2. The van der Waals surface area contributed by atoms with Gasteiger partial charge in [-0.3, -0.25) is 9.79 Å². The number of benzene rings is 2. The molecular weight excluding hydrogens is 344 g/mol. The number of thioether (sulfide) groups is 1. The van der Waals surface area contributed by atoms with Gasteiger partial charge in [0.1, 0.15) is 0 Å². The number of nitrogens with one attached hydrogen (secondary N) is 2. The third-order valence-electron chi connectivity index (χ3n) is 4.05. The third kappa shape index (κ3) is 5.52. The van der Waals surface area contributed by atoms with E-state index in [4.69, 9.17) is 0 Å². The van der Waals surface area contributed by atoms with Gasteiger partial charge in [-0.1, -0.05) is 24.3 Å². The highest BCUT2D eigenvalue weighted by atomic mass is 32.2. The molecule has 5 nitrogen and oxygen atoms in total. The van der Waals surface area contributed by atoms with E-state index in [-0.39, 0.29) is 5.91 Å². The van der Waals surface area contributed by atoms with Crippen LogP contribution in [0.2, 0.25) is 0 Å². The van der Waals surface area contributed by atoms with Crippen molar-refractivity contribution in [2.24, 2.45) is 4.99 Å². The minimum absolute atomic E-state index is 0.0763. The zero-order valence-corrected chi connectivity index (χ0v) is 16.6. The van der Waals surface area contributed by atoms with Crippen LogP contribution in [0.5, 0.6) is 0 Å². The number of guanidine groups is 1. The molecule has 6 heteroatoms. The highest BCUT2D eigenvalue weighted by Gasteiger charge is 2.07. The summed E-state index contributed by atoms with van der Waals surface area (Å²) in [6, 6.07) is 16.1. The first-order valence-electron chi connectivity index (χ1n) is 8.43. The Kier molecular flexibility index (Phi) is 7.53. The van der Waals surface area contributed by atoms with E-state index in [9.17, 15) is 4.79 Å². The van der Waals surface area contributed by atoms with Crippen molar-refractivity contribution < 1.29 is 4.79 Å². The highest BCUT2D eigenvalue weighted by Crippen LogP contribution is 2.15. The lowest BCUT2D eigenvalue weighted by Gasteiger charge is -2.22. The van der Waals surface area contributed by atoms with Crippen LogP contribution in [0.15, 0.2) is 58.4 Å². The average molecular weight is 371 g/mol.